The Labute approximate surface area is 249 Å². The maximum Gasteiger partial charge on any atom is 0.260 e. The highest BCUT2D eigenvalue weighted by Gasteiger charge is 2.70. The number of nitrogens with one attached hydrogen (secondary N) is 2. The highest BCUT2D eigenvalue weighted by molar-refractivity contribution is 6.13. The molecule has 0 bridgehead atoms. The summed E-state index contributed by atoms with van der Waals surface area (Å²) < 4.78 is 0. The number of hydrogen-bond donors (Lipinski definition) is 3. The smallest absolute Gasteiger partial charge is 0.260 e. The molecule has 0 aromatic heterocycles. The number of imide groups is 2. The molecule has 2 saturated heterocycles. The first-order valence-corrected chi connectivity index (χ1v) is 14.7. The molecule has 2 heterocycles. The molecule has 8 heteroatoms. The van der Waals surface area contributed by atoms with Gasteiger partial charge < -0.3 is 5.11 Å². The summed E-state index contributed by atoms with van der Waals surface area (Å²) in [6.07, 6.45) is 2.66. The summed E-state index contributed by atoms with van der Waals surface area (Å²) in [5.41, 5.74) is 7.17. The molecule has 4 aliphatic rings. The number of nitrogens with zero attached hydrogens (tertiary/aromatic N) is 1. The minimum absolute atomic E-state index is 0.177. The van der Waals surface area contributed by atoms with Crippen LogP contribution in [0.25, 0.3) is 0 Å². The summed E-state index contributed by atoms with van der Waals surface area (Å²) in [4.78, 5) is 55.5. The minimum atomic E-state index is -1.32. The van der Waals surface area contributed by atoms with E-state index in [1.54, 1.807) is 0 Å². The molecule has 6 unspecified atom stereocenters. The fraction of sp³-hybridized carbons (Fsp3) is 0.314. The van der Waals surface area contributed by atoms with Crippen molar-refractivity contribution in [2.75, 3.05) is 5.43 Å². The van der Waals surface area contributed by atoms with E-state index in [0.717, 1.165) is 21.7 Å². The second kappa shape index (κ2) is 9.66. The predicted molar refractivity (Wildman–Crippen MR) is 160 cm³/mol. The van der Waals surface area contributed by atoms with E-state index in [9.17, 15) is 19.5 Å². The average Bonchev–Trinajstić information content (AvgIpc) is 3.41. The normalized spacial score (nSPS) is 29.5. The Kier molecular flexibility index (Phi) is 6.09. The van der Waals surface area contributed by atoms with Crippen LogP contribution in [0.5, 0.6) is 5.75 Å². The van der Waals surface area contributed by atoms with Crippen molar-refractivity contribution in [3.63, 3.8) is 0 Å². The number of aromatic hydroxyl groups is 1. The Morgan fingerprint density at radius 2 is 1.56 bits per heavy atom. The van der Waals surface area contributed by atoms with Gasteiger partial charge in [-0.3, -0.25) is 29.9 Å². The molecule has 218 valence electrons. The van der Waals surface area contributed by atoms with E-state index in [1.807, 2.05) is 93.6 Å². The van der Waals surface area contributed by atoms with Crippen molar-refractivity contribution in [2.24, 2.45) is 23.7 Å². The molecular formula is C35H33N3O5. The van der Waals surface area contributed by atoms with Crippen molar-refractivity contribution in [3.05, 3.63) is 106 Å². The van der Waals surface area contributed by atoms with E-state index in [4.69, 9.17) is 0 Å². The largest absolute Gasteiger partial charge is 0.507 e. The summed E-state index contributed by atoms with van der Waals surface area (Å²) in [5, 5.41) is 14.4. The van der Waals surface area contributed by atoms with Gasteiger partial charge in [0.2, 0.25) is 11.8 Å². The van der Waals surface area contributed by atoms with Gasteiger partial charge in [-0.2, -0.15) is 5.01 Å². The van der Waals surface area contributed by atoms with Crippen LogP contribution in [0.1, 0.15) is 46.6 Å². The molecule has 1 saturated carbocycles. The first kappa shape index (κ1) is 27.1. The highest BCUT2D eigenvalue weighted by Crippen LogP contribution is 2.63. The van der Waals surface area contributed by atoms with Crippen LogP contribution in [0, 0.1) is 44.4 Å². The topological polar surface area (TPSA) is 116 Å². The number of fused-ring (bicyclic) bond motifs is 4. The van der Waals surface area contributed by atoms with Gasteiger partial charge in [-0.25, -0.2) is 0 Å². The van der Waals surface area contributed by atoms with Crippen molar-refractivity contribution in [2.45, 2.75) is 44.9 Å². The Morgan fingerprint density at radius 1 is 0.884 bits per heavy atom. The predicted octanol–water partition coefficient (Wildman–Crippen LogP) is 4.59. The molecule has 8 nitrogen and oxygen atoms in total. The molecule has 0 spiro atoms. The standard InChI is InChI=1S/C35H33N3O5/c1-18-9-11-23(12-10-18)37-38-33(42)27-17-26-24(13-14-25-28(26)32(41)36-31(25)40)29(21-15-19(2)30(39)20(3)16-21)35(27,34(38)43)22-7-5-4-6-8-22/h4-13,15-16,25-29,37,39H,14,17H2,1-3H3,(H,36,40,41). The van der Waals surface area contributed by atoms with E-state index in [-0.39, 0.29) is 35.8 Å². The number of rotatable bonds is 4. The number of phenols is 1. The first-order chi connectivity index (χ1) is 20.6. The second-order valence-corrected chi connectivity index (χ2v) is 12.4. The van der Waals surface area contributed by atoms with Gasteiger partial charge in [-0.15, -0.1) is 0 Å². The van der Waals surface area contributed by atoms with Crippen LogP contribution < -0.4 is 10.7 Å². The van der Waals surface area contributed by atoms with E-state index >= 15 is 4.79 Å². The van der Waals surface area contributed by atoms with E-state index in [2.05, 4.69) is 10.7 Å². The molecule has 43 heavy (non-hydrogen) atoms. The van der Waals surface area contributed by atoms with Gasteiger partial charge in [-0.05, 0) is 73.9 Å². The lowest BCUT2D eigenvalue weighted by atomic mass is 9.49. The molecule has 2 aliphatic carbocycles. The monoisotopic (exact) mass is 575 g/mol. The lowest BCUT2D eigenvalue weighted by Gasteiger charge is -2.50. The zero-order valence-electron chi connectivity index (χ0n) is 24.3. The Balaban J connectivity index is 1.48. The van der Waals surface area contributed by atoms with E-state index in [0.29, 0.717) is 28.8 Å². The van der Waals surface area contributed by atoms with E-state index in [1.165, 1.54) is 0 Å². The average molecular weight is 576 g/mol. The number of benzene rings is 3. The summed E-state index contributed by atoms with van der Waals surface area (Å²) in [7, 11) is 0. The summed E-state index contributed by atoms with van der Waals surface area (Å²) in [6.45, 7) is 5.61. The number of carbonyl (C=O) groups excluding carboxylic acids is 4. The fourth-order valence-corrected chi connectivity index (χ4v) is 8.19. The highest BCUT2D eigenvalue weighted by atomic mass is 16.3. The van der Waals surface area contributed by atoms with Crippen LogP contribution >= 0.6 is 0 Å². The van der Waals surface area contributed by atoms with Crippen molar-refractivity contribution in [3.8, 4) is 5.75 Å². The van der Waals surface area contributed by atoms with Crippen molar-refractivity contribution < 1.29 is 24.3 Å². The maximum absolute atomic E-state index is 15.0. The summed E-state index contributed by atoms with van der Waals surface area (Å²) >= 11 is 0. The summed E-state index contributed by atoms with van der Waals surface area (Å²) in [5.74, 6) is -4.07. The molecule has 3 N–H and O–H groups in total. The molecule has 6 atom stereocenters. The van der Waals surface area contributed by atoms with E-state index < -0.39 is 35.0 Å². The lowest BCUT2D eigenvalue weighted by Crippen LogP contribution is -2.53. The van der Waals surface area contributed by atoms with Gasteiger partial charge in [0.05, 0.1) is 28.9 Å². The number of hydrogen-bond acceptors (Lipinski definition) is 6. The zero-order chi connectivity index (χ0) is 30.2. The molecule has 7 rings (SSSR count). The molecule has 4 amide bonds. The number of phenolic OH excluding ortho intramolecular Hbond substituents is 1. The quantitative estimate of drug-likeness (QED) is 0.310. The van der Waals surface area contributed by atoms with Crippen molar-refractivity contribution in [1.29, 1.82) is 0 Å². The summed E-state index contributed by atoms with van der Waals surface area (Å²) in [6, 6.07) is 20.7. The third kappa shape index (κ3) is 3.82. The van der Waals surface area contributed by atoms with Crippen molar-refractivity contribution in [1.82, 2.24) is 10.3 Å². The lowest BCUT2D eigenvalue weighted by molar-refractivity contribution is -0.138. The SMILES string of the molecule is Cc1ccc(NN2C(=O)C3CC4C(=CCC5C(=O)NC(=O)C54)C(c4cc(C)c(O)c(C)c4)C3(c3ccccc3)C2=O)cc1. The molecule has 3 fully saturated rings. The minimum Gasteiger partial charge on any atom is -0.507 e. The second-order valence-electron chi connectivity index (χ2n) is 12.4. The molecule has 0 radical (unpaired) electrons. The number of carbonyl (C=O) groups is 4. The number of aryl methyl sites for hydroxylation is 3. The Hall–Kier alpha value is -4.72. The fourth-order valence-electron chi connectivity index (χ4n) is 8.19. The van der Waals surface area contributed by atoms with Gasteiger partial charge in [-0.1, -0.05) is 71.8 Å². The zero-order valence-corrected chi connectivity index (χ0v) is 24.3. The molecule has 3 aromatic carbocycles. The molecule has 2 aliphatic heterocycles. The number of amides is 4. The third-order valence-corrected chi connectivity index (χ3v) is 10.1. The van der Waals surface area contributed by atoms with Crippen LogP contribution in [-0.4, -0.2) is 33.7 Å². The maximum atomic E-state index is 15.0. The molecule has 3 aromatic rings. The van der Waals surface area contributed by atoms with Crippen LogP contribution in [0.4, 0.5) is 5.69 Å². The molecular weight excluding hydrogens is 542 g/mol. The van der Waals surface area contributed by atoms with Gasteiger partial charge in [0, 0.05) is 5.92 Å². The van der Waals surface area contributed by atoms with Crippen LogP contribution in [0.3, 0.4) is 0 Å². The Morgan fingerprint density at radius 3 is 2.23 bits per heavy atom. The Bertz CT molecular complexity index is 1710. The van der Waals surface area contributed by atoms with Gasteiger partial charge >= 0.3 is 0 Å². The van der Waals surface area contributed by atoms with Gasteiger partial charge in [0.15, 0.2) is 0 Å². The van der Waals surface area contributed by atoms with Crippen LogP contribution in [0.15, 0.2) is 78.4 Å². The number of hydrazine groups is 1. The van der Waals surface area contributed by atoms with Crippen LogP contribution in [-0.2, 0) is 24.6 Å². The van der Waals surface area contributed by atoms with Crippen molar-refractivity contribution >= 4 is 29.3 Å². The number of anilines is 1. The first-order valence-electron chi connectivity index (χ1n) is 14.7. The van der Waals surface area contributed by atoms with Gasteiger partial charge in [0.1, 0.15) is 5.75 Å². The number of allylic oxidation sites excluding steroid dienone is 2. The van der Waals surface area contributed by atoms with Gasteiger partial charge in [0.25, 0.3) is 11.8 Å². The third-order valence-electron chi connectivity index (χ3n) is 10.1. The van der Waals surface area contributed by atoms with Crippen LogP contribution in [0.2, 0.25) is 0 Å².